The van der Waals surface area contributed by atoms with Crippen molar-refractivity contribution < 1.29 is 9.84 Å². The molecule has 1 unspecified atom stereocenters. The maximum absolute atomic E-state index is 10.5. The Labute approximate surface area is 131 Å². The summed E-state index contributed by atoms with van der Waals surface area (Å²) in [4.78, 5) is 0. The van der Waals surface area contributed by atoms with Crippen molar-refractivity contribution in [1.82, 2.24) is 9.78 Å². The summed E-state index contributed by atoms with van der Waals surface area (Å²) in [6.07, 6.45) is 0.560. The Hall–Kier alpha value is -0.780. The molecule has 0 aliphatic rings. The first kappa shape index (κ1) is 15.6. The molecule has 0 spiro atoms. The van der Waals surface area contributed by atoms with Crippen LogP contribution in [-0.2, 0) is 11.3 Å². The van der Waals surface area contributed by atoms with E-state index in [4.69, 9.17) is 39.5 Å². The zero-order chi connectivity index (χ0) is 14.7. The fraction of sp³-hybridized carbons (Fsp3) is 0.308. The van der Waals surface area contributed by atoms with Crippen molar-refractivity contribution in [2.45, 2.75) is 12.6 Å². The van der Waals surface area contributed by atoms with E-state index in [1.807, 2.05) is 0 Å². The number of halogens is 3. The van der Waals surface area contributed by atoms with Crippen LogP contribution in [0.25, 0.3) is 0 Å². The molecule has 20 heavy (non-hydrogen) atoms. The summed E-state index contributed by atoms with van der Waals surface area (Å²) >= 11 is 17.9. The molecule has 2 aromatic rings. The van der Waals surface area contributed by atoms with E-state index in [0.29, 0.717) is 39.5 Å². The lowest BCUT2D eigenvalue weighted by atomic mass is 10.1. The highest BCUT2D eigenvalue weighted by molar-refractivity contribution is 6.42. The van der Waals surface area contributed by atoms with E-state index in [0.717, 1.165) is 0 Å². The zero-order valence-corrected chi connectivity index (χ0v) is 13.0. The van der Waals surface area contributed by atoms with Crippen molar-refractivity contribution in [3.63, 3.8) is 0 Å². The number of methoxy groups -OCH3 is 1. The Morgan fingerprint density at radius 1 is 1.25 bits per heavy atom. The second-order valence-corrected chi connectivity index (χ2v) is 5.39. The van der Waals surface area contributed by atoms with Crippen molar-refractivity contribution in [3.8, 4) is 0 Å². The molecule has 0 amide bonds. The predicted octanol–water partition coefficient (Wildman–Crippen LogP) is 3.57. The molecule has 0 saturated heterocycles. The zero-order valence-electron chi connectivity index (χ0n) is 10.7. The lowest BCUT2D eigenvalue weighted by molar-refractivity contribution is 0.171. The Bertz CT molecular complexity index is 601. The molecule has 1 aromatic heterocycles. The predicted molar refractivity (Wildman–Crippen MR) is 79.6 cm³/mol. The van der Waals surface area contributed by atoms with Gasteiger partial charge in [-0.2, -0.15) is 5.10 Å². The second-order valence-electron chi connectivity index (χ2n) is 4.17. The SMILES string of the molecule is COCCn1ncc(Cl)c1C(O)c1ccc(Cl)c(Cl)c1. The van der Waals surface area contributed by atoms with Gasteiger partial charge < -0.3 is 9.84 Å². The average Bonchev–Trinajstić information content (AvgIpc) is 2.80. The quantitative estimate of drug-likeness (QED) is 0.908. The number of aliphatic hydroxyl groups excluding tert-OH is 1. The smallest absolute Gasteiger partial charge is 0.122 e. The lowest BCUT2D eigenvalue weighted by Crippen LogP contribution is -2.13. The monoisotopic (exact) mass is 334 g/mol. The van der Waals surface area contributed by atoms with Gasteiger partial charge in [-0.15, -0.1) is 0 Å². The molecule has 0 aliphatic heterocycles. The third-order valence-electron chi connectivity index (χ3n) is 2.86. The van der Waals surface area contributed by atoms with Crippen molar-refractivity contribution in [3.05, 3.63) is 50.7 Å². The normalized spacial score (nSPS) is 12.7. The fourth-order valence-corrected chi connectivity index (χ4v) is 2.39. The van der Waals surface area contributed by atoms with Crippen molar-refractivity contribution in [2.24, 2.45) is 0 Å². The van der Waals surface area contributed by atoms with Crippen molar-refractivity contribution in [1.29, 1.82) is 0 Å². The van der Waals surface area contributed by atoms with Gasteiger partial charge in [0.25, 0.3) is 0 Å². The van der Waals surface area contributed by atoms with Gasteiger partial charge in [0.1, 0.15) is 6.10 Å². The van der Waals surface area contributed by atoms with Crippen LogP contribution in [0.2, 0.25) is 15.1 Å². The number of benzene rings is 1. The highest BCUT2D eigenvalue weighted by Crippen LogP contribution is 2.31. The number of hydrogen-bond acceptors (Lipinski definition) is 3. The molecule has 1 aromatic carbocycles. The molecule has 1 N–H and O–H groups in total. The Balaban J connectivity index is 2.34. The third kappa shape index (κ3) is 3.27. The summed E-state index contributed by atoms with van der Waals surface area (Å²) in [5, 5.41) is 15.8. The number of ether oxygens (including phenoxy) is 1. The number of nitrogens with zero attached hydrogens (tertiary/aromatic N) is 2. The molecule has 108 valence electrons. The molecule has 1 atom stereocenters. The first-order valence-corrected chi connectivity index (χ1v) is 7.01. The van der Waals surface area contributed by atoms with Gasteiger partial charge in [0, 0.05) is 7.11 Å². The van der Waals surface area contributed by atoms with E-state index in [-0.39, 0.29) is 0 Å². The molecule has 0 bridgehead atoms. The van der Waals surface area contributed by atoms with Gasteiger partial charge in [-0.1, -0.05) is 40.9 Å². The number of rotatable bonds is 5. The van der Waals surface area contributed by atoms with Gasteiger partial charge in [0.15, 0.2) is 0 Å². The lowest BCUT2D eigenvalue weighted by Gasteiger charge is -2.15. The van der Waals surface area contributed by atoms with E-state index in [1.54, 1.807) is 30.0 Å². The maximum Gasteiger partial charge on any atom is 0.122 e. The highest BCUT2D eigenvalue weighted by atomic mass is 35.5. The van der Waals surface area contributed by atoms with E-state index in [2.05, 4.69) is 5.10 Å². The van der Waals surface area contributed by atoms with Gasteiger partial charge in [-0.05, 0) is 17.7 Å². The van der Waals surface area contributed by atoms with Gasteiger partial charge in [0.2, 0.25) is 0 Å². The average molecular weight is 336 g/mol. The second kappa shape index (κ2) is 6.78. The molecule has 0 fully saturated rings. The van der Waals surface area contributed by atoms with E-state index in [9.17, 15) is 5.11 Å². The fourth-order valence-electron chi connectivity index (χ4n) is 1.84. The minimum atomic E-state index is -0.934. The summed E-state index contributed by atoms with van der Waals surface area (Å²) in [5.74, 6) is 0. The van der Waals surface area contributed by atoms with Crippen LogP contribution in [0, 0.1) is 0 Å². The summed E-state index contributed by atoms with van der Waals surface area (Å²) in [6, 6.07) is 4.94. The first-order chi connectivity index (χ1) is 9.54. The largest absolute Gasteiger partial charge is 0.383 e. The van der Waals surface area contributed by atoms with Crippen LogP contribution < -0.4 is 0 Å². The van der Waals surface area contributed by atoms with E-state index < -0.39 is 6.10 Å². The molecule has 0 aliphatic carbocycles. The molecule has 2 rings (SSSR count). The highest BCUT2D eigenvalue weighted by Gasteiger charge is 2.20. The minimum Gasteiger partial charge on any atom is -0.383 e. The van der Waals surface area contributed by atoms with Crippen LogP contribution in [0.1, 0.15) is 17.4 Å². The Morgan fingerprint density at radius 2 is 2.00 bits per heavy atom. The molecule has 0 radical (unpaired) electrons. The van der Waals surface area contributed by atoms with Crippen LogP contribution in [0.4, 0.5) is 0 Å². The first-order valence-electron chi connectivity index (χ1n) is 5.87. The van der Waals surface area contributed by atoms with Crippen LogP contribution in [0.15, 0.2) is 24.4 Å². The molecular weight excluding hydrogens is 323 g/mol. The molecule has 1 heterocycles. The van der Waals surface area contributed by atoms with E-state index in [1.165, 1.54) is 6.20 Å². The third-order valence-corrected chi connectivity index (χ3v) is 3.89. The topological polar surface area (TPSA) is 47.3 Å². The number of hydrogen-bond donors (Lipinski definition) is 1. The summed E-state index contributed by atoms with van der Waals surface area (Å²) < 4.78 is 6.62. The van der Waals surface area contributed by atoms with Crippen LogP contribution >= 0.6 is 34.8 Å². The summed E-state index contributed by atoms with van der Waals surface area (Å²) in [6.45, 7) is 0.968. The Kier molecular flexibility index (Phi) is 5.29. The standard InChI is InChI=1S/C13H13Cl3N2O2/c1-20-5-4-18-12(11(16)7-17-18)13(19)8-2-3-9(14)10(15)6-8/h2-3,6-7,13,19H,4-5H2,1H3. The summed E-state index contributed by atoms with van der Waals surface area (Å²) in [7, 11) is 1.60. The van der Waals surface area contributed by atoms with Crippen LogP contribution in [0.3, 0.4) is 0 Å². The molecule has 0 saturated carbocycles. The minimum absolute atomic E-state index is 0.377. The van der Waals surface area contributed by atoms with Gasteiger partial charge in [-0.25, -0.2) is 0 Å². The Morgan fingerprint density at radius 3 is 2.65 bits per heavy atom. The van der Waals surface area contributed by atoms with E-state index >= 15 is 0 Å². The van der Waals surface area contributed by atoms with Gasteiger partial charge >= 0.3 is 0 Å². The van der Waals surface area contributed by atoms with Gasteiger partial charge in [-0.3, -0.25) is 4.68 Å². The number of aromatic nitrogens is 2. The molecule has 7 heteroatoms. The van der Waals surface area contributed by atoms with Crippen LogP contribution in [-0.4, -0.2) is 28.6 Å². The van der Waals surface area contributed by atoms with Gasteiger partial charge in [0.05, 0.1) is 40.1 Å². The maximum atomic E-state index is 10.5. The molecule has 4 nitrogen and oxygen atoms in total. The van der Waals surface area contributed by atoms with Crippen molar-refractivity contribution >= 4 is 34.8 Å². The summed E-state index contributed by atoms with van der Waals surface area (Å²) in [5.41, 5.74) is 1.10. The number of aliphatic hydroxyl groups is 1. The van der Waals surface area contributed by atoms with Crippen LogP contribution in [0.5, 0.6) is 0 Å². The molecular formula is C13H13Cl3N2O2. The van der Waals surface area contributed by atoms with Crippen molar-refractivity contribution in [2.75, 3.05) is 13.7 Å².